The van der Waals surface area contributed by atoms with Crippen LogP contribution in [0.2, 0.25) is 10.0 Å². The first-order valence-electron chi connectivity index (χ1n) is 8.32. The van der Waals surface area contributed by atoms with Crippen LogP contribution in [-0.4, -0.2) is 20.2 Å². The van der Waals surface area contributed by atoms with Crippen molar-refractivity contribution < 1.29 is 0 Å². The van der Waals surface area contributed by atoms with Gasteiger partial charge in [0.2, 0.25) is 0 Å². The summed E-state index contributed by atoms with van der Waals surface area (Å²) in [5.41, 5.74) is 2.63. The van der Waals surface area contributed by atoms with Gasteiger partial charge in [-0.3, -0.25) is 0 Å². The van der Waals surface area contributed by atoms with Crippen LogP contribution in [0.4, 0.5) is 5.69 Å². The second-order valence-corrected chi connectivity index (χ2v) is 6.73. The lowest BCUT2D eigenvalue weighted by Crippen LogP contribution is -2.18. The van der Waals surface area contributed by atoms with Crippen molar-refractivity contribution in [3.63, 3.8) is 0 Å². The molecule has 0 bridgehead atoms. The maximum absolute atomic E-state index is 6.49. The average molecular weight is 396 g/mol. The number of hydrogen-bond acceptors (Lipinski definition) is 4. The van der Waals surface area contributed by atoms with Crippen LogP contribution < -0.4 is 5.32 Å². The second-order valence-electron chi connectivity index (χ2n) is 5.89. The number of aromatic nitrogens is 4. The molecule has 0 amide bonds. The van der Waals surface area contributed by atoms with Gasteiger partial charge in [0, 0.05) is 21.3 Å². The Morgan fingerprint density at radius 3 is 2.26 bits per heavy atom. The van der Waals surface area contributed by atoms with E-state index in [9.17, 15) is 0 Å². The summed E-state index contributed by atoms with van der Waals surface area (Å²) < 4.78 is 1.71. The van der Waals surface area contributed by atoms with Crippen LogP contribution in [0.25, 0.3) is 5.69 Å². The number of para-hydroxylation sites is 1. The number of anilines is 1. The normalized spacial score (nSPS) is 11.9. The Bertz CT molecular complexity index is 1030. The highest BCUT2D eigenvalue weighted by Gasteiger charge is 2.24. The number of benzene rings is 3. The molecular weight excluding hydrogens is 381 g/mol. The van der Waals surface area contributed by atoms with Crippen molar-refractivity contribution in [3.8, 4) is 5.69 Å². The molecule has 5 nitrogen and oxygen atoms in total. The first kappa shape index (κ1) is 17.5. The molecular formula is C20H15Cl2N5. The van der Waals surface area contributed by atoms with E-state index >= 15 is 0 Å². The van der Waals surface area contributed by atoms with Crippen LogP contribution >= 0.6 is 23.2 Å². The minimum absolute atomic E-state index is 0.352. The third-order valence-corrected chi connectivity index (χ3v) is 4.72. The predicted molar refractivity (Wildman–Crippen MR) is 108 cm³/mol. The van der Waals surface area contributed by atoms with Gasteiger partial charge in [-0.25, -0.2) is 0 Å². The highest BCUT2D eigenvalue weighted by atomic mass is 35.5. The minimum Gasteiger partial charge on any atom is -0.371 e. The van der Waals surface area contributed by atoms with Crippen LogP contribution in [0, 0.1) is 0 Å². The van der Waals surface area contributed by atoms with Crippen molar-refractivity contribution in [1.29, 1.82) is 0 Å². The molecule has 134 valence electrons. The summed E-state index contributed by atoms with van der Waals surface area (Å²) in [4.78, 5) is 0. The molecule has 0 aliphatic carbocycles. The van der Waals surface area contributed by atoms with E-state index in [2.05, 4.69) is 20.8 Å². The Kier molecular flexibility index (Phi) is 5.05. The lowest BCUT2D eigenvalue weighted by atomic mass is 10.1. The van der Waals surface area contributed by atoms with Crippen molar-refractivity contribution >= 4 is 28.9 Å². The van der Waals surface area contributed by atoms with E-state index < -0.39 is 0 Å². The Morgan fingerprint density at radius 2 is 1.52 bits per heavy atom. The van der Waals surface area contributed by atoms with E-state index in [-0.39, 0.29) is 6.04 Å². The van der Waals surface area contributed by atoms with Gasteiger partial charge in [-0.15, -0.1) is 5.10 Å². The summed E-state index contributed by atoms with van der Waals surface area (Å²) >= 11 is 12.5. The first-order valence-corrected chi connectivity index (χ1v) is 9.08. The molecule has 0 spiro atoms. The molecule has 4 aromatic rings. The number of nitrogens with one attached hydrogen (secondary N) is 1. The molecule has 0 radical (unpaired) electrons. The summed E-state index contributed by atoms with van der Waals surface area (Å²) in [6.07, 6.45) is 0. The summed E-state index contributed by atoms with van der Waals surface area (Å²) in [7, 11) is 0. The Morgan fingerprint density at radius 1 is 0.815 bits per heavy atom. The number of hydrogen-bond donors (Lipinski definition) is 1. The fourth-order valence-electron chi connectivity index (χ4n) is 2.83. The van der Waals surface area contributed by atoms with Gasteiger partial charge in [0.05, 0.1) is 5.69 Å². The van der Waals surface area contributed by atoms with Crippen LogP contribution in [0.3, 0.4) is 0 Å². The minimum atomic E-state index is -0.352. The van der Waals surface area contributed by atoms with Crippen molar-refractivity contribution in [2.75, 3.05) is 5.32 Å². The lowest BCUT2D eigenvalue weighted by Gasteiger charge is -2.21. The molecule has 0 saturated heterocycles. The molecule has 1 unspecified atom stereocenters. The van der Waals surface area contributed by atoms with Crippen LogP contribution in [0.15, 0.2) is 78.9 Å². The van der Waals surface area contributed by atoms with Crippen LogP contribution in [0.5, 0.6) is 0 Å². The molecule has 0 fully saturated rings. The largest absolute Gasteiger partial charge is 0.371 e. The zero-order chi connectivity index (χ0) is 18.6. The van der Waals surface area contributed by atoms with Crippen molar-refractivity contribution in [3.05, 3.63) is 100 Å². The van der Waals surface area contributed by atoms with Gasteiger partial charge >= 0.3 is 0 Å². The highest BCUT2D eigenvalue weighted by molar-refractivity contribution is 6.31. The fourth-order valence-corrected chi connectivity index (χ4v) is 3.20. The first-order chi connectivity index (χ1) is 13.2. The zero-order valence-corrected chi connectivity index (χ0v) is 15.6. The molecule has 4 rings (SSSR count). The van der Waals surface area contributed by atoms with E-state index in [0.29, 0.717) is 15.9 Å². The maximum Gasteiger partial charge on any atom is 0.183 e. The number of nitrogens with zero attached hydrogens (tertiary/aromatic N) is 4. The summed E-state index contributed by atoms with van der Waals surface area (Å²) in [6.45, 7) is 0. The molecule has 1 atom stereocenters. The van der Waals surface area contributed by atoms with Gasteiger partial charge in [-0.05, 0) is 52.9 Å². The summed E-state index contributed by atoms with van der Waals surface area (Å²) in [5.74, 6) is 0.629. The molecule has 1 heterocycles. The third-order valence-electron chi connectivity index (χ3n) is 4.12. The smallest absolute Gasteiger partial charge is 0.183 e. The van der Waals surface area contributed by atoms with E-state index in [1.807, 2.05) is 78.9 Å². The predicted octanol–water partition coefficient (Wildman–Crippen LogP) is 5.17. The third kappa shape index (κ3) is 3.79. The van der Waals surface area contributed by atoms with Crippen LogP contribution in [0.1, 0.15) is 17.4 Å². The van der Waals surface area contributed by atoms with Gasteiger partial charge in [0.1, 0.15) is 6.04 Å². The summed E-state index contributed by atoms with van der Waals surface area (Å²) in [6, 6.07) is 24.5. The number of rotatable bonds is 5. The quantitative estimate of drug-likeness (QED) is 0.506. The molecule has 0 aliphatic rings. The molecule has 0 saturated carbocycles. The zero-order valence-electron chi connectivity index (χ0n) is 14.1. The molecule has 0 aliphatic heterocycles. The maximum atomic E-state index is 6.49. The van der Waals surface area contributed by atoms with E-state index in [0.717, 1.165) is 16.9 Å². The van der Waals surface area contributed by atoms with Gasteiger partial charge in [0.25, 0.3) is 0 Å². The Balaban J connectivity index is 1.81. The van der Waals surface area contributed by atoms with Gasteiger partial charge < -0.3 is 5.32 Å². The second kappa shape index (κ2) is 7.78. The molecule has 7 heteroatoms. The summed E-state index contributed by atoms with van der Waals surface area (Å²) in [5, 5.41) is 17.1. The molecule has 27 heavy (non-hydrogen) atoms. The topological polar surface area (TPSA) is 55.6 Å². The molecule has 3 aromatic carbocycles. The number of tetrazole rings is 1. The van der Waals surface area contributed by atoms with Gasteiger partial charge in [-0.2, -0.15) is 4.68 Å². The average Bonchev–Trinajstić information content (AvgIpc) is 3.18. The van der Waals surface area contributed by atoms with Crippen molar-refractivity contribution in [1.82, 2.24) is 20.2 Å². The molecule has 1 N–H and O–H groups in total. The highest BCUT2D eigenvalue weighted by Crippen LogP contribution is 2.31. The number of halogens is 2. The Labute approximate surface area is 166 Å². The van der Waals surface area contributed by atoms with Crippen molar-refractivity contribution in [2.24, 2.45) is 0 Å². The van der Waals surface area contributed by atoms with Crippen LogP contribution in [-0.2, 0) is 0 Å². The lowest BCUT2D eigenvalue weighted by molar-refractivity contribution is 0.738. The van der Waals surface area contributed by atoms with E-state index in [1.54, 1.807) is 4.68 Å². The fraction of sp³-hybridized carbons (Fsp3) is 0.0500. The van der Waals surface area contributed by atoms with E-state index in [1.165, 1.54) is 0 Å². The van der Waals surface area contributed by atoms with Crippen molar-refractivity contribution in [2.45, 2.75) is 6.04 Å². The Hall–Kier alpha value is -2.89. The van der Waals surface area contributed by atoms with Gasteiger partial charge in [0.15, 0.2) is 5.82 Å². The molecule has 1 aromatic heterocycles. The standard InChI is InChI=1S/C20H15Cl2N5/c21-14-10-12-15(13-11-14)23-19(17-8-4-5-9-18(17)22)20-24-25-26-27(20)16-6-2-1-3-7-16/h1-13,19,23H. The van der Waals surface area contributed by atoms with E-state index in [4.69, 9.17) is 23.2 Å². The SMILES string of the molecule is Clc1ccc(NC(c2ccccc2Cl)c2nnnn2-c2ccccc2)cc1. The monoisotopic (exact) mass is 395 g/mol. The van der Waals surface area contributed by atoms with Gasteiger partial charge in [-0.1, -0.05) is 59.6 Å².